The molecule has 1 fully saturated rings. The molecule has 0 saturated heterocycles. The average Bonchev–Trinajstić information content (AvgIpc) is 2.45. The van der Waals surface area contributed by atoms with E-state index in [0.717, 1.165) is 5.69 Å². The Hall–Kier alpha value is -1.62. The van der Waals surface area contributed by atoms with Crippen LogP contribution >= 0.6 is 0 Å². The Labute approximate surface area is 119 Å². The van der Waals surface area contributed by atoms with Gasteiger partial charge in [0, 0.05) is 29.9 Å². The maximum atomic E-state index is 10.8. The molecule has 1 aromatic carbocycles. The van der Waals surface area contributed by atoms with Crippen LogP contribution in [0.4, 0.5) is 11.4 Å². The van der Waals surface area contributed by atoms with Crippen molar-refractivity contribution in [2.45, 2.75) is 45.1 Å². The number of anilines is 1. The van der Waals surface area contributed by atoms with E-state index in [2.05, 4.69) is 5.32 Å². The zero-order chi connectivity index (χ0) is 14.5. The first kappa shape index (κ1) is 14.8. The SMILES string of the molecule is Cc1cc(NC(CN)C2CCCCC2)ccc1[N+](=O)[O-]. The zero-order valence-electron chi connectivity index (χ0n) is 12.0. The molecule has 5 heteroatoms. The Bertz CT molecular complexity index is 470. The molecule has 0 heterocycles. The lowest BCUT2D eigenvalue weighted by Crippen LogP contribution is -2.37. The van der Waals surface area contributed by atoms with Gasteiger partial charge in [-0.2, -0.15) is 0 Å². The summed E-state index contributed by atoms with van der Waals surface area (Å²) in [7, 11) is 0. The fourth-order valence-electron chi connectivity index (χ4n) is 3.07. The summed E-state index contributed by atoms with van der Waals surface area (Å²) in [5, 5.41) is 14.3. The Balaban J connectivity index is 2.07. The van der Waals surface area contributed by atoms with Crippen LogP contribution in [0.1, 0.15) is 37.7 Å². The molecule has 0 aliphatic heterocycles. The first-order chi connectivity index (χ1) is 9.61. The second kappa shape index (κ2) is 6.70. The normalized spacial score (nSPS) is 17.7. The standard InChI is InChI=1S/C15H23N3O2/c1-11-9-13(7-8-15(11)18(19)20)17-14(10-16)12-5-3-2-4-6-12/h7-9,12,14,17H,2-6,10,16H2,1H3. The van der Waals surface area contributed by atoms with Crippen molar-refractivity contribution in [3.05, 3.63) is 33.9 Å². The van der Waals surface area contributed by atoms with E-state index in [4.69, 9.17) is 5.73 Å². The summed E-state index contributed by atoms with van der Waals surface area (Å²) in [5.41, 5.74) is 7.67. The number of aryl methyl sites for hydroxylation is 1. The maximum Gasteiger partial charge on any atom is 0.272 e. The lowest BCUT2D eigenvalue weighted by molar-refractivity contribution is -0.385. The summed E-state index contributed by atoms with van der Waals surface area (Å²) >= 11 is 0. The number of benzene rings is 1. The van der Waals surface area contributed by atoms with Crippen molar-refractivity contribution in [2.75, 3.05) is 11.9 Å². The van der Waals surface area contributed by atoms with Gasteiger partial charge in [0.25, 0.3) is 5.69 Å². The summed E-state index contributed by atoms with van der Waals surface area (Å²) in [6, 6.07) is 5.43. The average molecular weight is 277 g/mol. The van der Waals surface area contributed by atoms with E-state index >= 15 is 0 Å². The monoisotopic (exact) mass is 277 g/mol. The molecule has 5 nitrogen and oxygen atoms in total. The molecule has 0 amide bonds. The topological polar surface area (TPSA) is 81.2 Å². The van der Waals surface area contributed by atoms with Crippen LogP contribution in [0, 0.1) is 23.0 Å². The van der Waals surface area contributed by atoms with Gasteiger partial charge >= 0.3 is 0 Å². The predicted octanol–water partition coefficient (Wildman–Crippen LogP) is 3.22. The third-order valence-corrected chi connectivity index (χ3v) is 4.22. The Kier molecular flexibility index (Phi) is 4.95. The highest BCUT2D eigenvalue weighted by Crippen LogP contribution is 2.29. The Morgan fingerprint density at radius 2 is 2.10 bits per heavy atom. The van der Waals surface area contributed by atoms with Gasteiger partial charge in [-0.15, -0.1) is 0 Å². The third kappa shape index (κ3) is 3.48. The molecule has 1 unspecified atom stereocenters. The van der Waals surface area contributed by atoms with Crippen LogP contribution in [-0.4, -0.2) is 17.5 Å². The van der Waals surface area contributed by atoms with Crippen molar-refractivity contribution in [2.24, 2.45) is 11.7 Å². The van der Waals surface area contributed by atoms with E-state index in [9.17, 15) is 10.1 Å². The van der Waals surface area contributed by atoms with Crippen LogP contribution < -0.4 is 11.1 Å². The number of rotatable bonds is 5. The van der Waals surface area contributed by atoms with Gasteiger partial charge < -0.3 is 11.1 Å². The van der Waals surface area contributed by atoms with Crippen molar-refractivity contribution in [3.8, 4) is 0 Å². The van der Waals surface area contributed by atoms with Gasteiger partial charge in [-0.25, -0.2) is 0 Å². The van der Waals surface area contributed by atoms with E-state index in [0.29, 0.717) is 18.0 Å². The number of nitrogens with one attached hydrogen (secondary N) is 1. The second-order valence-corrected chi connectivity index (χ2v) is 5.64. The van der Waals surface area contributed by atoms with Crippen LogP contribution in [0.15, 0.2) is 18.2 Å². The predicted molar refractivity (Wildman–Crippen MR) is 80.9 cm³/mol. The summed E-state index contributed by atoms with van der Waals surface area (Å²) < 4.78 is 0. The molecule has 1 aliphatic rings. The van der Waals surface area contributed by atoms with Crippen molar-refractivity contribution >= 4 is 11.4 Å². The van der Waals surface area contributed by atoms with Gasteiger partial charge in [0.05, 0.1) is 4.92 Å². The fraction of sp³-hybridized carbons (Fsp3) is 0.600. The van der Waals surface area contributed by atoms with Gasteiger partial charge in [0.2, 0.25) is 0 Å². The first-order valence-corrected chi connectivity index (χ1v) is 7.33. The maximum absolute atomic E-state index is 10.8. The van der Waals surface area contributed by atoms with Crippen LogP contribution in [0.5, 0.6) is 0 Å². The summed E-state index contributed by atoms with van der Waals surface area (Å²) in [6.07, 6.45) is 6.33. The zero-order valence-corrected chi connectivity index (χ0v) is 12.0. The quantitative estimate of drug-likeness (QED) is 0.639. The van der Waals surface area contributed by atoms with E-state index in [1.54, 1.807) is 19.1 Å². The van der Waals surface area contributed by atoms with Crippen LogP contribution in [0.3, 0.4) is 0 Å². The number of hydrogen-bond donors (Lipinski definition) is 2. The van der Waals surface area contributed by atoms with Gasteiger partial charge in [-0.3, -0.25) is 10.1 Å². The summed E-state index contributed by atoms with van der Waals surface area (Å²) in [4.78, 5) is 10.5. The molecule has 0 spiro atoms. The number of nitro benzene ring substituents is 1. The minimum absolute atomic E-state index is 0.164. The summed E-state index contributed by atoms with van der Waals surface area (Å²) in [5.74, 6) is 0.615. The van der Waals surface area contributed by atoms with E-state index in [1.165, 1.54) is 32.1 Å². The van der Waals surface area contributed by atoms with Gasteiger partial charge in [-0.05, 0) is 37.8 Å². The fourth-order valence-corrected chi connectivity index (χ4v) is 3.07. The molecule has 1 aliphatic carbocycles. The molecule has 110 valence electrons. The smallest absolute Gasteiger partial charge is 0.272 e. The third-order valence-electron chi connectivity index (χ3n) is 4.22. The number of hydrogen-bond acceptors (Lipinski definition) is 4. The summed E-state index contributed by atoms with van der Waals surface area (Å²) in [6.45, 7) is 2.36. The highest BCUT2D eigenvalue weighted by molar-refractivity contribution is 5.54. The molecule has 2 rings (SSSR count). The molecule has 1 saturated carbocycles. The largest absolute Gasteiger partial charge is 0.381 e. The highest BCUT2D eigenvalue weighted by atomic mass is 16.6. The lowest BCUT2D eigenvalue weighted by atomic mass is 9.84. The van der Waals surface area contributed by atoms with Gasteiger partial charge in [0.1, 0.15) is 0 Å². The van der Waals surface area contributed by atoms with Crippen LogP contribution in [0.25, 0.3) is 0 Å². The highest BCUT2D eigenvalue weighted by Gasteiger charge is 2.22. The van der Waals surface area contributed by atoms with Crippen molar-refractivity contribution < 1.29 is 4.92 Å². The molecule has 1 atom stereocenters. The minimum Gasteiger partial charge on any atom is -0.381 e. The Morgan fingerprint density at radius 3 is 2.65 bits per heavy atom. The minimum atomic E-state index is -0.347. The number of nitrogens with two attached hydrogens (primary N) is 1. The molecule has 20 heavy (non-hydrogen) atoms. The first-order valence-electron chi connectivity index (χ1n) is 7.33. The molecule has 0 radical (unpaired) electrons. The second-order valence-electron chi connectivity index (χ2n) is 5.64. The molecule has 0 bridgehead atoms. The molecule has 1 aromatic rings. The lowest BCUT2D eigenvalue weighted by Gasteiger charge is -2.30. The van der Waals surface area contributed by atoms with Crippen molar-refractivity contribution in [3.63, 3.8) is 0 Å². The van der Waals surface area contributed by atoms with Crippen molar-refractivity contribution in [1.82, 2.24) is 0 Å². The van der Waals surface area contributed by atoms with Gasteiger partial charge in [0.15, 0.2) is 0 Å². The number of nitro groups is 1. The molecule has 3 N–H and O–H groups in total. The van der Waals surface area contributed by atoms with E-state index < -0.39 is 0 Å². The van der Waals surface area contributed by atoms with Crippen LogP contribution in [0.2, 0.25) is 0 Å². The van der Waals surface area contributed by atoms with E-state index in [1.807, 2.05) is 6.07 Å². The molecular weight excluding hydrogens is 254 g/mol. The molecular formula is C15H23N3O2. The van der Waals surface area contributed by atoms with E-state index in [-0.39, 0.29) is 16.7 Å². The van der Waals surface area contributed by atoms with Gasteiger partial charge in [-0.1, -0.05) is 19.3 Å². The van der Waals surface area contributed by atoms with Crippen molar-refractivity contribution in [1.29, 1.82) is 0 Å². The molecule has 0 aromatic heterocycles. The number of nitrogens with zero attached hydrogens (tertiary/aromatic N) is 1. The van der Waals surface area contributed by atoms with Crippen LogP contribution in [-0.2, 0) is 0 Å². The Morgan fingerprint density at radius 1 is 1.40 bits per heavy atom.